The molecule has 16 heavy (non-hydrogen) atoms. The minimum atomic E-state index is -0.637. The Kier molecular flexibility index (Phi) is 7.14. The maximum absolute atomic E-state index is 11.8. The van der Waals surface area contributed by atoms with Crippen molar-refractivity contribution in [3.63, 3.8) is 0 Å². The van der Waals surface area contributed by atoms with Gasteiger partial charge in [0.1, 0.15) is 6.42 Å². The first kappa shape index (κ1) is 14.6. The SMILES string of the molecule is CCCCC(CC)C(=O)N(N)C(=O)CC#N. The van der Waals surface area contributed by atoms with Crippen LogP contribution in [0.5, 0.6) is 0 Å². The Balaban J connectivity index is 4.38. The number of hydrogen-bond donors (Lipinski definition) is 1. The van der Waals surface area contributed by atoms with Gasteiger partial charge < -0.3 is 0 Å². The van der Waals surface area contributed by atoms with E-state index in [0.29, 0.717) is 11.4 Å². The van der Waals surface area contributed by atoms with Crippen LogP contribution in [0, 0.1) is 17.2 Å². The standard InChI is InChI=1S/C11H19N3O2/c1-3-5-6-9(4-2)11(16)14(13)10(15)7-8-12/h9H,3-7,13H2,1-2H3. The lowest BCUT2D eigenvalue weighted by Crippen LogP contribution is -2.45. The second-order valence-electron chi connectivity index (χ2n) is 3.68. The number of nitrogens with two attached hydrogens (primary N) is 1. The predicted octanol–water partition coefficient (Wildman–Crippen LogP) is 1.35. The average molecular weight is 225 g/mol. The van der Waals surface area contributed by atoms with Gasteiger partial charge in [-0.15, -0.1) is 0 Å². The average Bonchev–Trinajstić information content (AvgIpc) is 2.29. The van der Waals surface area contributed by atoms with Crippen LogP contribution in [0.4, 0.5) is 0 Å². The molecule has 0 rings (SSSR count). The quantitative estimate of drug-likeness (QED) is 0.420. The van der Waals surface area contributed by atoms with Crippen molar-refractivity contribution in [2.45, 2.75) is 46.0 Å². The Labute approximate surface area is 96.2 Å². The van der Waals surface area contributed by atoms with E-state index in [4.69, 9.17) is 11.1 Å². The molecule has 1 atom stereocenters. The molecular formula is C11H19N3O2. The van der Waals surface area contributed by atoms with Crippen LogP contribution in [-0.4, -0.2) is 16.8 Å². The summed E-state index contributed by atoms with van der Waals surface area (Å²) in [4.78, 5) is 23.0. The van der Waals surface area contributed by atoms with Crippen LogP contribution >= 0.6 is 0 Å². The minimum absolute atomic E-state index is 0.215. The summed E-state index contributed by atoms with van der Waals surface area (Å²) < 4.78 is 0. The van der Waals surface area contributed by atoms with Crippen LogP contribution < -0.4 is 5.84 Å². The topological polar surface area (TPSA) is 87.2 Å². The lowest BCUT2D eigenvalue weighted by atomic mass is 9.98. The first-order chi connectivity index (χ1) is 7.58. The van der Waals surface area contributed by atoms with Gasteiger partial charge in [0.25, 0.3) is 5.91 Å². The van der Waals surface area contributed by atoms with E-state index in [9.17, 15) is 9.59 Å². The first-order valence-corrected chi connectivity index (χ1v) is 5.56. The number of hydrazine groups is 1. The molecule has 0 aliphatic rings. The minimum Gasteiger partial charge on any atom is -0.273 e. The van der Waals surface area contributed by atoms with Crippen molar-refractivity contribution < 1.29 is 9.59 Å². The fraction of sp³-hybridized carbons (Fsp3) is 0.727. The first-order valence-electron chi connectivity index (χ1n) is 5.56. The monoisotopic (exact) mass is 225 g/mol. The highest BCUT2D eigenvalue weighted by atomic mass is 16.2. The van der Waals surface area contributed by atoms with Gasteiger partial charge in [-0.1, -0.05) is 26.7 Å². The second kappa shape index (κ2) is 7.83. The number of amides is 2. The molecule has 0 saturated carbocycles. The molecule has 0 aliphatic heterocycles. The molecular weight excluding hydrogens is 206 g/mol. The number of unbranched alkanes of at least 4 members (excludes halogenated alkanes) is 1. The molecule has 0 spiro atoms. The molecule has 0 saturated heterocycles. The van der Waals surface area contributed by atoms with Gasteiger partial charge in [-0.2, -0.15) is 5.26 Å². The molecule has 0 bridgehead atoms. The zero-order valence-corrected chi connectivity index (χ0v) is 9.90. The largest absolute Gasteiger partial charge is 0.273 e. The molecule has 2 N–H and O–H groups in total. The maximum Gasteiger partial charge on any atom is 0.257 e. The zero-order valence-electron chi connectivity index (χ0n) is 9.90. The summed E-state index contributed by atoms with van der Waals surface area (Å²) in [5.41, 5.74) is 0. The van der Waals surface area contributed by atoms with E-state index >= 15 is 0 Å². The third kappa shape index (κ3) is 4.41. The molecule has 0 aromatic heterocycles. The van der Waals surface area contributed by atoms with E-state index in [2.05, 4.69) is 0 Å². The zero-order chi connectivity index (χ0) is 12.6. The molecule has 0 heterocycles. The van der Waals surface area contributed by atoms with Gasteiger partial charge in [0.15, 0.2) is 0 Å². The van der Waals surface area contributed by atoms with Gasteiger partial charge >= 0.3 is 0 Å². The summed E-state index contributed by atoms with van der Waals surface area (Å²) in [6.07, 6.45) is 2.98. The van der Waals surface area contributed by atoms with E-state index in [1.54, 1.807) is 6.07 Å². The van der Waals surface area contributed by atoms with E-state index < -0.39 is 5.91 Å². The van der Waals surface area contributed by atoms with Crippen LogP contribution in [0.25, 0.3) is 0 Å². The van der Waals surface area contributed by atoms with Crippen LogP contribution in [0.2, 0.25) is 0 Å². The van der Waals surface area contributed by atoms with Crippen molar-refractivity contribution in [1.29, 1.82) is 5.26 Å². The van der Waals surface area contributed by atoms with Gasteiger partial charge in [0.2, 0.25) is 5.91 Å². The molecule has 1 unspecified atom stereocenters. The fourth-order valence-electron chi connectivity index (χ4n) is 1.43. The maximum atomic E-state index is 11.8. The molecule has 90 valence electrons. The van der Waals surface area contributed by atoms with Crippen LogP contribution in [-0.2, 0) is 9.59 Å². The third-order valence-corrected chi connectivity index (χ3v) is 2.48. The summed E-state index contributed by atoms with van der Waals surface area (Å²) >= 11 is 0. The molecule has 0 aromatic carbocycles. The van der Waals surface area contributed by atoms with Gasteiger partial charge in [-0.05, 0) is 12.8 Å². The Hall–Kier alpha value is -1.41. The number of nitrogens with zero attached hydrogens (tertiary/aromatic N) is 2. The van der Waals surface area contributed by atoms with Crippen molar-refractivity contribution in [3.05, 3.63) is 0 Å². The Morgan fingerprint density at radius 2 is 2.06 bits per heavy atom. The highest BCUT2D eigenvalue weighted by Gasteiger charge is 2.24. The number of hydrogen-bond acceptors (Lipinski definition) is 4. The normalized spacial score (nSPS) is 11.6. The van der Waals surface area contributed by atoms with E-state index in [-0.39, 0.29) is 18.2 Å². The molecule has 5 nitrogen and oxygen atoms in total. The van der Waals surface area contributed by atoms with E-state index in [0.717, 1.165) is 19.3 Å². The van der Waals surface area contributed by atoms with Gasteiger partial charge in [0, 0.05) is 5.92 Å². The number of carbonyl (C=O) groups is 2. The summed E-state index contributed by atoms with van der Waals surface area (Å²) in [7, 11) is 0. The lowest BCUT2D eigenvalue weighted by molar-refractivity contribution is -0.147. The van der Waals surface area contributed by atoms with Crippen LogP contribution in [0.3, 0.4) is 0 Å². The predicted molar refractivity (Wildman–Crippen MR) is 59.6 cm³/mol. The van der Waals surface area contributed by atoms with Crippen LogP contribution in [0.15, 0.2) is 0 Å². The van der Waals surface area contributed by atoms with Crippen molar-refractivity contribution in [3.8, 4) is 6.07 Å². The smallest absolute Gasteiger partial charge is 0.257 e. The lowest BCUT2D eigenvalue weighted by Gasteiger charge is -2.19. The van der Waals surface area contributed by atoms with E-state index in [1.165, 1.54) is 0 Å². The fourth-order valence-corrected chi connectivity index (χ4v) is 1.43. The Morgan fingerprint density at radius 3 is 2.50 bits per heavy atom. The molecule has 0 radical (unpaired) electrons. The second-order valence-corrected chi connectivity index (χ2v) is 3.68. The summed E-state index contributed by atoms with van der Waals surface area (Å²) in [6.45, 7) is 3.93. The molecule has 0 aliphatic carbocycles. The number of carbonyl (C=O) groups excluding carboxylic acids is 2. The highest BCUT2D eigenvalue weighted by molar-refractivity contribution is 5.96. The van der Waals surface area contributed by atoms with Gasteiger partial charge in [-0.3, -0.25) is 9.59 Å². The van der Waals surface area contributed by atoms with Crippen molar-refractivity contribution >= 4 is 11.8 Å². The third-order valence-electron chi connectivity index (χ3n) is 2.48. The van der Waals surface area contributed by atoms with Crippen molar-refractivity contribution in [1.82, 2.24) is 5.01 Å². The Bertz CT molecular complexity index is 283. The number of rotatable bonds is 6. The molecule has 0 fully saturated rings. The van der Waals surface area contributed by atoms with Gasteiger partial charge in [0.05, 0.1) is 6.07 Å². The van der Waals surface area contributed by atoms with Gasteiger partial charge in [-0.25, -0.2) is 10.9 Å². The van der Waals surface area contributed by atoms with Crippen molar-refractivity contribution in [2.24, 2.45) is 11.8 Å². The summed E-state index contributed by atoms with van der Waals surface area (Å²) in [5.74, 6) is 4.15. The molecule has 2 amide bonds. The van der Waals surface area contributed by atoms with Crippen molar-refractivity contribution in [2.75, 3.05) is 0 Å². The summed E-state index contributed by atoms with van der Waals surface area (Å²) in [6, 6.07) is 1.68. The summed E-state index contributed by atoms with van der Waals surface area (Å²) in [5, 5.41) is 8.93. The molecule has 5 heteroatoms. The van der Waals surface area contributed by atoms with Crippen LogP contribution in [0.1, 0.15) is 46.0 Å². The highest BCUT2D eigenvalue weighted by Crippen LogP contribution is 2.14. The molecule has 0 aromatic rings. The Morgan fingerprint density at radius 1 is 1.44 bits per heavy atom. The number of nitriles is 1. The number of imide groups is 1. The van der Waals surface area contributed by atoms with E-state index in [1.807, 2.05) is 13.8 Å².